The Morgan fingerprint density at radius 3 is 2.88 bits per heavy atom. The normalized spacial score (nSPS) is 27.7. The molecule has 2 N–H and O–H groups in total. The summed E-state index contributed by atoms with van der Waals surface area (Å²) in [7, 11) is 0. The Hall–Kier alpha value is -0.940. The van der Waals surface area contributed by atoms with Crippen LogP contribution in [0.2, 0.25) is 0 Å². The van der Waals surface area contributed by atoms with E-state index in [-0.39, 0.29) is 5.54 Å². The summed E-state index contributed by atoms with van der Waals surface area (Å²) in [6.07, 6.45) is 6.18. The van der Waals surface area contributed by atoms with Crippen LogP contribution in [0.15, 0.2) is 4.52 Å². The van der Waals surface area contributed by atoms with Crippen LogP contribution in [0, 0.1) is 5.92 Å². The van der Waals surface area contributed by atoms with Gasteiger partial charge >= 0.3 is 0 Å². The molecule has 2 aliphatic rings. The maximum atomic E-state index is 6.29. The maximum absolute atomic E-state index is 6.29. The lowest BCUT2D eigenvalue weighted by Crippen LogP contribution is -2.34. The summed E-state index contributed by atoms with van der Waals surface area (Å²) in [5, 5.41) is 4.06. The molecule has 0 bridgehead atoms. The number of ether oxygens (including phenoxy) is 1. The molecular weight excluding hydrogens is 218 g/mol. The average molecular weight is 237 g/mol. The molecule has 3 rings (SSSR count). The second-order valence-corrected chi connectivity index (χ2v) is 5.31. The smallest absolute Gasteiger partial charge is 0.227 e. The van der Waals surface area contributed by atoms with Gasteiger partial charge in [-0.25, -0.2) is 0 Å². The molecule has 1 aliphatic carbocycles. The number of hydrogen-bond donors (Lipinski definition) is 1. The van der Waals surface area contributed by atoms with Crippen LogP contribution in [-0.2, 0) is 16.7 Å². The predicted octanol–water partition coefficient (Wildman–Crippen LogP) is 1.38. The van der Waals surface area contributed by atoms with Gasteiger partial charge in [0.15, 0.2) is 5.82 Å². The highest BCUT2D eigenvalue weighted by molar-refractivity contribution is 5.06. The molecule has 2 heterocycles. The fourth-order valence-corrected chi connectivity index (χ4v) is 2.76. The summed E-state index contributed by atoms with van der Waals surface area (Å²) in [4.78, 5) is 4.47. The Bertz CT molecular complexity index is 379. The van der Waals surface area contributed by atoms with Crippen molar-refractivity contribution in [2.75, 3.05) is 13.2 Å². The van der Waals surface area contributed by atoms with E-state index in [1.807, 2.05) is 0 Å². The highest BCUT2D eigenvalue weighted by atomic mass is 16.5. The van der Waals surface area contributed by atoms with Gasteiger partial charge in [0.2, 0.25) is 5.89 Å². The lowest BCUT2D eigenvalue weighted by atomic mass is 9.98. The van der Waals surface area contributed by atoms with Crippen LogP contribution in [-0.4, -0.2) is 23.4 Å². The van der Waals surface area contributed by atoms with Crippen LogP contribution in [0.25, 0.3) is 0 Å². The minimum atomic E-state index is -0.339. The summed E-state index contributed by atoms with van der Waals surface area (Å²) < 4.78 is 10.6. The van der Waals surface area contributed by atoms with Crippen LogP contribution in [0.1, 0.15) is 43.8 Å². The molecule has 17 heavy (non-hydrogen) atoms. The van der Waals surface area contributed by atoms with Gasteiger partial charge in [-0.3, -0.25) is 0 Å². The number of nitrogens with two attached hydrogens (primary N) is 1. The second kappa shape index (κ2) is 4.38. The SMILES string of the molecule is NC1(c2noc(CC3CCOC3)n2)CCCC1. The summed E-state index contributed by atoms with van der Waals surface area (Å²) in [5.74, 6) is 1.94. The topological polar surface area (TPSA) is 74.2 Å². The highest BCUT2D eigenvalue weighted by Gasteiger charge is 2.36. The van der Waals surface area contributed by atoms with E-state index >= 15 is 0 Å². The zero-order valence-electron chi connectivity index (χ0n) is 10.0. The Morgan fingerprint density at radius 1 is 1.35 bits per heavy atom. The van der Waals surface area contributed by atoms with Crippen LogP contribution in [0.5, 0.6) is 0 Å². The van der Waals surface area contributed by atoms with Gasteiger partial charge in [-0.1, -0.05) is 18.0 Å². The van der Waals surface area contributed by atoms with Gasteiger partial charge in [0.05, 0.1) is 5.54 Å². The summed E-state index contributed by atoms with van der Waals surface area (Å²) >= 11 is 0. The zero-order chi connectivity index (χ0) is 11.7. The third kappa shape index (κ3) is 2.21. The van der Waals surface area contributed by atoms with Crippen LogP contribution < -0.4 is 5.73 Å². The van der Waals surface area contributed by atoms with E-state index in [2.05, 4.69) is 10.1 Å². The molecule has 94 valence electrons. The summed E-state index contributed by atoms with van der Waals surface area (Å²) in [6.45, 7) is 1.66. The molecule has 1 unspecified atom stereocenters. The van der Waals surface area contributed by atoms with Crippen LogP contribution in [0.4, 0.5) is 0 Å². The second-order valence-electron chi connectivity index (χ2n) is 5.31. The minimum Gasteiger partial charge on any atom is -0.381 e. The van der Waals surface area contributed by atoms with Crippen molar-refractivity contribution in [2.24, 2.45) is 11.7 Å². The van der Waals surface area contributed by atoms with E-state index in [1.165, 1.54) is 0 Å². The van der Waals surface area contributed by atoms with Crippen molar-refractivity contribution < 1.29 is 9.26 Å². The fraction of sp³-hybridized carbons (Fsp3) is 0.833. The van der Waals surface area contributed by atoms with Crippen molar-refractivity contribution in [1.29, 1.82) is 0 Å². The van der Waals surface area contributed by atoms with Gasteiger partial charge in [-0.05, 0) is 25.2 Å². The molecule has 2 fully saturated rings. The zero-order valence-corrected chi connectivity index (χ0v) is 10.0. The average Bonchev–Trinajstić information content (AvgIpc) is 3.00. The van der Waals surface area contributed by atoms with Crippen molar-refractivity contribution in [3.8, 4) is 0 Å². The molecule has 0 spiro atoms. The number of aromatic nitrogens is 2. The Morgan fingerprint density at radius 2 is 2.18 bits per heavy atom. The lowest BCUT2D eigenvalue weighted by Gasteiger charge is -2.17. The first-order valence-corrected chi connectivity index (χ1v) is 6.46. The highest BCUT2D eigenvalue weighted by Crippen LogP contribution is 2.34. The quantitative estimate of drug-likeness (QED) is 0.859. The molecule has 1 aromatic heterocycles. The monoisotopic (exact) mass is 237 g/mol. The van der Waals surface area contributed by atoms with Crippen molar-refractivity contribution in [3.05, 3.63) is 11.7 Å². The Labute approximate surface area is 101 Å². The van der Waals surface area contributed by atoms with Gasteiger partial charge in [0.25, 0.3) is 0 Å². The minimum absolute atomic E-state index is 0.339. The third-order valence-corrected chi connectivity index (χ3v) is 3.90. The number of rotatable bonds is 3. The maximum Gasteiger partial charge on any atom is 0.227 e. The van der Waals surface area contributed by atoms with Crippen molar-refractivity contribution in [1.82, 2.24) is 10.1 Å². The van der Waals surface area contributed by atoms with E-state index in [0.29, 0.717) is 17.6 Å². The van der Waals surface area contributed by atoms with Gasteiger partial charge < -0.3 is 15.0 Å². The molecule has 1 atom stereocenters. The molecule has 1 aliphatic heterocycles. The van der Waals surface area contributed by atoms with Crippen molar-refractivity contribution >= 4 is 0 Å². The van der Waals surface area contributed by atoms with Gasteiger partial charge in [0.1, 0.15) is 0 Å². The largest absolute Gasteiger partial charge is 0.381 e. The first-order valence-electron chi connectivity index (χ1n) is 6.46. The Kier molecular flexibility index (Phi) is 2.88. The molecule has 1 saturated carbocycles. The standard InChI is InChI=1S/C12H19N3O2/c13-12(4-1-2-5-12)11-14-10(17-15-11)7-9-3-6-16-8-9/h9H,1-8,13H2. The molecule has 1 saturated heterocycles. The van der Waals surface area contributed by atoms with Crippen LogP contribution >= 0.6 is 0 Å². The molecule has 0 radical (unpaired) electrons. The first kappa shape index (κ1) is 11.2. The van der Waals surface area contributed by atoms with E-state index in [1.54, 1.807) is 0 Å². The molecule has 0 aromatic carbocycles. The number of hydrogen-bond acceptors (Lipinski definition) is 5. The van der Waals surface area contributed by atoms with Gasteiger partial charge in [0, 0.05) is 19.6 Å². The third-order valence-electron chi connectivity index (χ3n) is 3.90. The number of nitrogens with zero attached hydrogens (tertiary/aromatic N) is 2. The fourth-order valence-electron chi connectivity index (χ4n) is 2.76. The van der Waals surface area contributed by atoms with Crippen molar-refractivity contribution in [2.45, 2.75) is 44.1 Å². The molecule has 5 heteroatoms. The molecule has 5 nitrogen and oxygen atoms in total. The van der Waals surface area contributed by atoms with E-state index < -0.39 is 0 Å². The molecule has 0 amide bonds. The van der Waals surface area contributed by atoms with Gasteiger partial charge in [-0.15, -0.1) is 0 Å². The predicted molar refractivity (Wildman–Crippen MR) is 61.3 cm³/mol. The summed E-state index contributed by atoms with van der Waals surface area (Å²) in [5.41, 5.74) is 5.95. The first-order chi connectivity index (χ1) is 8.26. The lowest BCUT2D eigenvalue weighted by molar-refractivity contribution is 0.183. The van der Waals surface area contributed by atoms with Gasteiger partial charge in [-0.2, -0.15) is 4.98 Å². The van der Waals surface area contributed by atoms with Crippen molar-refractivity contribution in [3.63, 3.8) is 0 Å². The van der Waals surface area contributed by atoms with E-state index in [4.69, 9.17) is 15.0 Å². The van der Waals surface area contributed by atoms with E-state index in [0.717, 1.165) is 51.7 Å². The molecular formula is C12H19N3O2. The molecule has 1 aromatic rings. The summed E-state index contributed by atoms with van der Waals surface area (Å²) in [6, 6.07) is 0. The Balaban J connectivity index is 1.69. The van der Waals surface area contributed by atoms with Crippen LogP contribution in [0.3, 0.4) is 0 Å². The van der Waals surface area contributed by atoms with E-state index in [9.17, 15) is 0 Å².